The minimum Gasteiger partial charge on any atom is -0.492 e. The van der Waals surface area contributed by atoms with Crippen molar-refractivity contribution in [2.45, 2.75) is 38.5 Å². The summed E-state index contributed by atoms with van der Waals surface area (Å²) in [4.78, 5) is 2.53. The molecule has 3 rings (SSSR count). The molecule has 3 nitrogen and oxygen atoms in total. The molecular formula is C18H24N2O. The predicted molar refractivity (Wildman–Crippen MR) is 83.2 cm³/mol. The average Bonchev–Trinajstić information content (AvgIpc) is 2.98. The number of rotatable bonds is 4. The van der Waals surface area contributed by atoms with Crippen LogP contribution in [0.15, 0.2) is 24.3 Å². The van der Waals surface area contributed by atoms with Gasteiger partial charge in [0, 0.05) is 6.54 Å². The van der Waals surface area contributed by atoms with E-state index in [0.717, 1.165) is 18.9 Å². The van der Waals surface area contributed by atoms with Gasteiger partial charge in [-0.3, -0.25) is 4.90 Å². The van der Waals surface area contributed by atoms with Gasteiger partial charge in [0.05, 0.1) is 11.6 Å². The quantitative estimate of drug-likeness (QED) is 0.847. The van der Waals surface area contributed by atoms with Crippen molar-refractivity contribution in [1.82, 2.24) is 4.90 Å². The molecule has 0 N–H and O–H groups in total. The van der Waals surface area contributed by atoms with Crippen LogP contribution in [0.4, 0.5) is 0 Å². The van der Waals surface area contributed by atoms with Gasteiger partial charge >= 0.3 is 0 Å². The monoisotopic (exact) mass is 284 g/mol. The molecule has 0 amide bonds. The van der Waals surface area contributed by atoms with Crippen molar-refractivity contribution >= 4 is 0 Å². The van der Waals surface area contributed by atoms with Gasteiger partial charge in [0.1, 0.15) is 12.4 Å². The summed E-state index contributed by atoms with van der Waals surface area (Å²) < 4.78 is 5.77. The maximum atomic E-state index is 8.76. The zero-order valence-corrected chi connectivity index (χ0v) is 12.7. The number of nitriles is 1. The van der Waals surface area contributed by atoms with E-state index >= 15 is 0 Å². The van der Waals surface area contributed by atoms with Crippen LogP contribution in [-0.4, -0.2) is 31.1 Å². The summed E-state index contributed by atoms with van der Waals surface area (Å²) in [6.07, 6.45) is 8.57. The van der Waals surface area contributed by atoms with Crippen molar-refractivity contribution in [3.8, 4) is 11.8 Å². The fourth-order valence-corrected chi connectivity index (χ4v) is 3.79. The first-order valence-electron chi connectivity index (χ1n) is 8.15. The number of hydrogen-bond donors (Lipinski definition) is 0. The van der Waals surface area contributed by atoms with Gasteiger partial charge < -0.3 is 4.74 Å². The Morgan fingerprint density at radius 3 is 2.33 bits per heavy atom. The Morgan fingerprint density at radius 2 is 1.71 bits per heavy atom. The maximum Gasteiger partial charge on any atom is 0.119 e. The Labute approximate surface area is 127 Å². The third-order valence-corrected chi connectivity index (χ3v) is 5.24. The van der Waals surface area contributed by atoms with Gasteiger partial charge in [-0.1, -0.05) is 12.8 Å². The summed E-state index contributed by atoms with van der Waals surface area (Å²) in [6.45, 7) is 4.21. The van der Waals surface area contributed by atoms with E-state index in [1.807, 2.05) is 12.1 Å². The normalized spacial score (nSPS) is 21.3. The van der Waals surface area contributed by atoms with Crippen molar-refractivity contribution in [1.29, 1.82) is 5.26 Å². The topological polar surface area (TPSA) is 36.3 Å². The second kappa shape index (κ2) is 6.49. The van der Waals surface area contributed by atoms with Crippen LogP contribution in [0, 0.1) is 16.7 Å². The molecule has 0 bridgehead atoms. The molecule has 0 atom stereocenters. The van der Waals surface area contributed by atoms with E-state index in [9.17, 15) is 0 Å². The lowest BCUT2D eigenvalue weighted by atomic mass is 9.77. The Kier molecular flexibility index (Phi) is 4.45. The number of ether oxygens (including phenoxy) is 1. The first kappa shape index (κ1) is 14.4. The van der Waals surface area contributed by atoms with Crippen LogP contribution in [0.5, 0.6) is 5.75 Å². The first-order chi connectivity index (χ1) is 10.3. The molecule has 1 saturated carbocycles. The van der Waals surface area contributed by atoms with Gasteiger partial charge in [-0.25, -0.2) is 0 Å². The summed E-state index contributed by atoms with van der Waals surface area (Å²) in [5.74, 6) is 0.860. The highest BCUT2D eigenvalue weighted by atomic mass is 16.5. The fraction of sp³-hybridized carbons (Fsp3) is 0.611. The molecule has 1 spiro atoms. The highest BCUT2D eigenvalue weighted by Crippen LogP contribution is 2.45. The van der Waals surface area contributed by atoms with Crippen LogP contribution < -0.4 is 4.74 Å². The summed E-state index contributed by atoms with van der Waals surface area (Å²) in [7, 11) is 0. The molecule has 1 heterocycles. The van der Waals surface area contributed by atoms with Crippen LogP contribution in [-0.2, 0) is 0 Å². The van der Waals surface area contributed by atoms with E-state index < -0.39 is 0 Å². The molecule has 1 aliphatic carbocycles. The van der Waals surface area contributed by atoms with E-state index in [4.69, 9.17) is 10.00 Å². The first-order valence-corrected chi connectivity index (χ1v) is 8.15. The third kappa shape index (κ3) is 3.57. The highest BCUT2D eigenvalue weighted by Gasteiger charge is 2.36. The summed E-state index contributed by atoms with van der Waals surface area (Å²) >= 11 is 0. The number of hydrogen-bond acceptors (Lipinski definition) is 3. The van der Waals surface area contributed by atoms with Crippen LogP contribution >= 0.6 is 0 Å². The minimum atomic E-state index is 0.681. The van der Waals surface area contributed by atoms with E-state index in [2.05, 4.69) is 11.0 Å². The van der Waals surface area contributed by atoms with E-state index in [1.54, 1.807) is 12.1 Å². The smallest absolute Gasteiger partial charge is 0.119 e. The molecule has 0 aromatic heterocycles. The largest absolute Gasteiger partial charge is 0.492 e. The number of benzene rings is 1. The average molecular weight is 284 g/mol. The fourth-order valence-electron chi connectivity index (χ4n) is 3.79. The molecule has 1 aromatic carbocycles. The van der Waals surface area contributed by atoms with Gasteiger partial charge in [-0.2, -0.15) is 5.26 Å². The van der Waals surface area contributed by atoms with Crippen molar-refractivity contribution in [2.75, 3.05) is 26.2 Å². The Bertz CT molecular complexity index is 487. The minimum absolute atomic E-state index is 0.681. The molecule has 1 aliphatic heterocycles. The molecule has 0 radical (unpaired) electrons. The molecule has 21 heavy (non-hydrogen) atoms. The molecule has 2 aliphatic rings. The van der Waals surface area contributed by atoms with Gasteiger partial charge in [0.25, 0.3) is 0 Å². The van der Waals surface area contributed by atoms with Crippen LogP contribution in [0.1, 0.15) is 44.1 Å². The molecule has 1 aromatic rings. The van der Waals surface area contributed by atoms with Gasteiger partial charge in [0.2, 0.25) is 0 Å². The molecular weight excluding hydrogens is 260 g/mol. The van der Waals surface area contributed by atoms with Crippen molar-refractivity contribution in [3.63, 3.8) is 0 Å². The lowest BCUT2D eigenvalue weighted by Crippen LogP contribution is -2.40. The van der Waals surface area contributed by atoms with Crippen molar-refractivity contribution < 1.29 is 4.74 Å². The highest BCUT2D eigenvalue weighted by molar-refractivity contribution is 5.34. The van der Waals surface area contributed by atoms with Gasteiger partial charge in [-0.05, 0) is 68.5 Å². The van der Waals surface area contributed by atoms with E-state index in [1.165, 1.54) is 51.6 Å². The molecule has 0 unspecified atom stereocenters. The number of piperidine rings is 1. The lowest BCUT2D eigenvalue weighted by Gasteiger charge is -2.39. The summed E-state index contributed by atoms with van der Waals surface area (Å²) in [5, 5.41) is 8.76. The summed E-state index contributed by atoms with van der Waals surface area (Å²) in [6, 6.07) is 9.49. The van der Waals surface area contributed by atoms with Gasteiger partial charge in [-0.15, -0.1) is 0 Å². The zero-order chi connectivity index (χ0) is 14.5. The van der Waals surface area contributed by atoms with Crippen LogP contribution in [0.25, 0.3) is 0 Å². The second-order valence-electron chi connectivity index (χ2n) is 6.53. The van der Waals surface area contributed by atoms with Gasteiger partial charge in [0.15, 0.2) is 0 Å². The molecule has 2 fully saturated rings. The van der Waals surface area contributed by atoms with Crippen LogP contribution in [0.2, 0.25) is 0 Å². The van der Waals surface area contributed by atoms with Crippen molar-refractivity contribution in [3.05, 3.63) is 29.8 Å². The predicted octanol–water partition coefficient (Wildman–Crippen LogP) is 3.59. The summed E-state index contributed by atoms with van der Waals surface area (Å²) in [5.41, 5.74) is 1.38. The maximum absolute atomic E-state index is 8.76. The molecule has 112 valence electrons. The number of nitrogens with zero attached hydrogens (tertiary/aromatic N) is 2. The lowest BCUT2D eigenvalue weighted by molar-refractivity contribution is 0.0961. The third-order valence-electron chi connectivity index (χ3n) is 5.24. The Balaban J connectivity index is 1.39. The Morgan fingerprint density at radius 1 is 1.05 bits per heavy atom. The Hall–Kier alpha value is -1.53. The SMILES string of the molecule is N#Cc1ccc(OCCN2CCC3(CCCC3)CC2)cc1. The van der Waals surface area contributed by atoms with E-state index in [-0.39, 0.29) is 0 Å². The molecule has 1 saturated heterocycles. The zero-order valence-electron chi connectivity index (χ0n) is 12.7. The standard InChI is InChI=1S/C18H24N2O/c19-15-16-3-5-17(6-4-16)21-14-13-20-11-9-18(10-12-20)7-1-2-8-18/h3-6H,1-2,7-14H2. The molecule has 3 heteroatoms. The van der Waals surface area contributed by atoms with E-state index in [0.29, 0.717) is 11.0 Å². The van der Waals surface area contributed by atoms with Crippen LogP contribution in [0.3, 0.4) is 0 Å². The number of likely N-dealkylation sites (tertiary alicyclic amines) is 1. The second-order valence-corrected chi connectivity index (χ2v) is 6.53. The van der Waals surface area contributed by atoms with Crippen molar-refractivity contribution in [2.24, 2.45) is 5.41 Å².